The van der Waals surface area contributed by atoms with E-state index in [4.69, 9.17) is 9.88 Å². The maximum Gasteiger partial charge on any atom is 0.325 e. The molecule has 7 nitrogen and oxygen atoms in total. The summed E-state index contributed by atoms with van der Waals surface area (Å²) in [5, 5.41) is 7.67. The van der Waals surface area contributed by atoms with E-state index in [1.54, 1.807) is 25.2 Å². The standard InChI is InChI=1S/C10H11N3O4S2/c1-12-5-9(14)17-6-2-3-7-8(4-6)18-10(13-7)19(11,15)16/h2-4,12H,5H2,1H3,(H2,11,15,16). The Bertz CT molecular complexity index is 723. The number of hydrogen-bond acceptors (Lipinski definition) is 7. The van der Waals surface area contributed by atoms with Gasteiger partial charge in [-0.15, -0.1) is 11.3 Å². The van der Waals surface area contributed by atoms with Gasteiger partial charge in [0.1, 0.15) is 5.75 Å². The highest BCUT2D eigenvalue weighted by Crippen LogP contribution is 2.28. The lowest BCUT2D eigenvalue weighted by Crippen LogP contribution is -2.23. The number of likely N-dealkylation sites (N-methyl/N-ethyl adjacent to an activating group) is 1. The van der Waals surface area contributed by atoms with Gasteiger partial charge in [0.05, 0.1) is 16.8 Å². The zero-order chi connectivity index (χ0) is 14.0. The van der Waals surface area contributed by atoms with E-state index in [0.29, 0.717) is 16.0 Å². The summed E-state index contributed by atoms with van der Waals surface area (Å²) in [6, 6.07) is 4.67. The molecule has 0 aliphatic rings. The normalized spacial score (nSPS) is 11.7. The van der Waals surface area contributed by atoms with Crippen molar-refractivity contribution in [2.45, 2.75) is 4.34 Å². The summed E-state index contributed by atoms with van der Waals surface area (Å²) in [4.78, 5) is 15.2. The van der Waals surface area contributed by atoms with Crippen LogP contribution in [-0.2, 0) is 14.8 Å². The number of thiazole rings is 1. The number of nitrogens with two attached hydrogens (primary N) is 1. The quantitative estimate of drug-likeness (QED) is 0.610. The van der Waals surface area contributed by atoms with Gasteiger partial charge in [0.2, 0.25) is 4.34 Å². The number of carbonyl (C=O) groups is 1. The molecule has 0 amide bonds. The minimum atomic E-state index is -3.82. The van der Waals surface area contributed by atoms with Crippen molar-refractivity contribution < 1.29 is 17.9 Å². The molecule has 0 spiro atoms. The molecule has 1 aromatic heterocycles. The van der Waals surface area contributed by atoms with Gasteiger partial charge >= 0.3 is 5.97 Å². The number of primary sulfonamides is 1. The Morgan fingerprint density at radius 2 is 2.26 bits per heavy atom. The molecule has 1 aromatic carbocycles. The van der Waals surface area contributed by atoms with Gasteiger partial charge in [-0.05, 0) is 19.2 Å². The molecule has 0 unspecified atom stereocenters. The second-order valence-electron chi connectivity index (χ2n) is 3.66. The van der Waals surface area contributed by atoms with E-state index in [1.807, 2.05) is 0 Å². The van der Waals surface area contributed by atoms with Gasteiger partial charge in [-0.3, -0.25) is 4.79 Å². The second-order valence-corrected chi connectivity index (χ2v) is 6.42. The van der Waals surface area contributed by atoms with Crippen molar-refractivity contribution in [3.05, 3.63) is 18.2 Å². The molecule has 0 radical (unpaired) electrons. The average molecular weight is 301 g/mol. The predicted molar refractivity (Wildman–Crippen MR) is 70.6 cm³/mol. The Labute approximate surface area is 113 Å². The Morgan fingerprint density at radius 3 is 2.89 bits per heavy atom. The molecule has 0 aliphatic heterocycles. The van der Waals surface area contributed by atoms with E-state index >= 15 is 0 Å². The van der Waals surface area contributed by atoms with Crippen molar-refractivity contribution in [3.8, 4) is 5.75 Å². The molecule has 0 bridgehead atoms. The Kier molecular flexibility index (Phi) is 3.80. The van der Waals surface area contributed by atoms with Gasteiger partial charge in [0, 0.05) is 6.07 Å². The molecule has 0 saturated heterocycles. The summed E-state index contributed by atoms with van der Waals surface area (Å²) in [5.41, 5.74) is 0.488. The SMILES string of the molecule is CNCC(=O)Oc1ccc2nc(S(N)(=O)=O)sc2c1. The van der Waals surface area contributed by atoms with Crippen molar-refractivity contribution in [2.24, 2.45) is 5.14 Å². The minimum Gasteiger partial charge on any atom is -0.426 e. The van der Waals surface area contributed by atoms with Crippen LogP contribution in [0, 0.1) is 0 Å². The van der Waals surface area contributed by atoms with Crippen molar-refractivity contribution in [1.82, 2.24) is 10.3 Å². The molecule has 102 valence electrons. The average Bonchev–Trinajstić information content (AvgIpc) is 2.71. The molecular weight excluding hydrogens is 290 g/mol. The van der Waals surface area contributed by atoms with E-state index in [9.17, 15) is 13.2 Å². The van der Waals surface area contributed by atoms with E-state index < -0.39 is 16.0 Å². The van der Waals surface area contributed by atoms with Gasteiger partial charge in [-0.25, -0.2) is 18.5 Å². The summed E-state index contributed by atoms with van der Waals surface area (Å²) >= 11 is 0.928. The highest BCUT2D eigenvalue weighted by atomic mass is 32.2. The van der Waals surface area contributed by atoms with E-state index in [1.165, 1.54) is 0 Å². The number of sulfonamides is 1. The zero-order valence-corrected chi connectivity index (χ0v) is 11.5. The largest absolute Gasteiger partial charge is 0.426 e. The first kappa shape index (κ1) is 13.9. The number of nitrogens with one attached hydrogen (secondary N) is 1. The third kappa shape index (κ3) is 3.26. The van der Waals surface area contributed by atoms with E-state index in [2.05, 4.69) is 10.3 Å². The molecule has 0 aliphatic carbocycles. The predicted octanol–water partition coefficient (Wildman–Crippen LogP) is 0.0685. The number of hydrogen-bond donors (Lipinski definition) is 2. The number of benzene rings is 1. The zero-order valence-electron chi connectivity index (χ0n) is 9.91. The van der Waals surface area contributed by atoms with E-state index in [0.717, 1.165) is 11.3 Å². The topological polar surface area (TPSA) is 111 Å². The Balaban J connectivity index is 2.33. The summed E-state index contributed by atoms with van der Waals surface area (Å²) in [6.45, 7) is 0.0865. The van der Waals surface area contributed by atoms with Crippen LogP contribution in [0.5, 0.6) is 5.75 Å². The summed E-state index contributed by atoms with van der Waals surface area (Å²) in [5.74, 6) is -0.101. The first-order valence-electron chi connectivity index (χ1n) is 5.19. The number of aromatic nitrogens is 1. The number of fused-ring (bicyclic) bond motifs is 1. The molecule has 0 fully saturated rings. The minimum absolute atomic E-state index is 0.0865. The van der Waals surface area contributed by atoms with Gasteiger partial charge in [-0.2, -0.15) is 0 Å². The molecule has 9 heteroatoms. The summed E-state index contributed by atoms with van der Waals surface area (Å²) < 4.78 is 27.8. The molecule has 3 N–H and O–H groups in total. The number of esters is 1. The van der Waals surface area contributed by atoms with Crippen LogP contribution in [0.1, 0.15) is 0 Å². The number of carbonyl (C=O) groups excluding carboxylic acids is 1. The molecule has 0 atom stereocenters. The Morgan fingerprint density at radius 1 is 1.53 bits per heavy atom. The first-order valence-corrected chi connectivity index (χ1v) is 7.55. The van der Waals surface area contributed by atoms with Crippen LogP contribution in [0.4, 0.5) is 0 Å². The van der Waals surface area contributed by atoms with Gasteiger partial charge in [0.15, 0.2) is 0 Å². The molecule has 19 heavy (non-hydrogen) atoms. The maximum absolute atomic E-state index is 11.3. The molecular formula is C10H11N3O4S2. The fourth-order valence-corrected chi connectivity index (χ4v) is 3.07. The fraction of sp³-hybridized carbons (Fsp3) is 0.200. The first-order chi connectivity index (χ1) is 8.90. The van der Waals surface area contributed by atoms with Crippen molar-refractivity contribution in [1.29, 1.82) is 0 Å². The highest BCUT2D eigenvalue weighted by Gasteiger charge is 2.15. The third-order valence-corrected chi connectivity index (χ3v) is 4.47. The second kappa shape index (κ2) is 5.21. The van der Waals surface area contributed by atoms with Crippen LogP contribution in [0.2, 0.25) is 0 Å². The van der Waals surface area contributed by atoms with Crippen LogP contribution in [0.15, 0.2) is 22.5 Å². The van der Waals surface area contributed by atoms with Gasteiger partial charge in [0.25, 0.3) is 10.0 Å². The Hall–Kier alpha value is -1.55. The van der Waals surface area contributed by atoms with Crippen LogP contribution >= 0.6 is 11.3 Å². The molecule has 2 aromatic rings. The van der Waals surface area contributed by atoms with Crippen LogP contribution in [0.25, 0.3) is 10.2 Å². The summed E-state index contributed by atoms with van der Waals surface area (Å²) in [7, 11) is -2.19. The lowest BCUT2D eigenvalue weighted by Gasteiger charge is -2.02. The smallest absolute Gasteiger partial charge is 0.325 e. The number of ether oxygens (including phenoxy) is 1. The van der Waals surface area contributed by atoms with Gasteiger partial charge < -0.3 is 10.1 Å². The lowest BCUT2D eigenvalue weighted by atomic mass is 10.3. The molecule has 2 rings (SSSR count). The molecule has 1 heterocycles. The van der Waals surface area contributed by atoms with Crippen LogP contribution in [0.3, 0.4) is 0 Å². The number of rotatable bonds is 4. The summed E-state index contributed by atoms with van der Waals surface area (Å²) in [6.07, 6.45) is 0. The lowest BCUT2D eigenvalue weighted by molar-refractivity contribution is -0.133. The van der Waals surface area contributed by atoms with Gasteiger partial charge in [-0.1, -0.05) is 0 Å². The highest BCUT2D eigenvalue weighted by molar-refractivity contribution is 7.91. The van der Waals surface area contributed by atoms with Crippen molar-refractivity contribution in [2.75, 3.05) is 13.6 Å². The van der Waals surface area contributed by atoms with Crippen LogP contribution in [-0.4, -0.2) is 33.0 Å². The van der Waals surface area contributed by atoms with Crippen molar-refractivity contribution in [3.63, 3.8) is 0 Å². The third-order valence-electron chi connectivity index (χ3n) is 2.14. The van der Waals surface area contributed by atoms with Crippen molar-refractivity contribution >= 4 is 37.5 Å². The fourth-order valence-electron chi connectivity index (χ4n) is 1.38. The maximum atomic E-state index is 11.3. The molecule has 0 saturated carbocycles. The van der Waals surface area contributed by atoms with Crippen LogP contribution < -0.4 is 15.2 Å². The van der Waals surface area contributed by atoms with E-state index in [-0.39, 0.29) is 10.9 Å². The monoisotopic (exact) mass is 301 g/mol. The number of nitrogens with zero attached hydrogens (tertiary/aromatic N) is 1.